The zero-order chi connectivity index (χ0) is 12.3. The quantitative estimate of drug-likeness (QED) is 0.861. The van der Waals surface area contributed by atoms with Crippen molar-refractivity contribution in [3.05, 3.63) is 21.9 Å². The number of thiophene rings is 1. The number of carboxylic acid groups (broad SMARTS) is 1. The summed E-state index contributed by atoms with van der Waals surface area (Å²) in [6.45, 7) is 0.700. The molecule has 1 aliphatic rings. The molecule has 0 unspecified atom stereocenters. The summed E-state index contributed by atoms with van der Waals surface area (Å²) in [4.78, 5) is 25.0. The van der Waals surface area contributed by atoms with Gasteiger partial charge < -0.3 is 14.7 Å². The van der Waals surface area contributed by atoms with E-state index in [4.69, 9.17) is 9.84 Å². The molecular formula is C11H13NO4S. The molecule has 0 atom stereocenters. The number of fused-ring (bicyclic) bond motifs is 1. The molecule has 92 valence electrons. The van der Waals surface area contributed by atoms with Crippen LogP contribution in [-0.2, 0) is 27.3 Å². The molecule has 6 heteroatoms. The number of nitrogens with zero attached hydrogens (tertiary/aromatic N) is 1. The third-order valence-corrected chi connectivity index (χ3v) is 3.63. The van der Waals surface area contributed by atoms with Crippen molar-refractivity contribution in [2.24, 2.45) is 0 Å². The van der Waals surface area contributed by atoms with E-state index < -0.39 is 12.6 Å². The third-order valence-electron chi connectivity index (χ3n) is 2.61. The van der Waals surface area contributed by atoms with Crippen molar-refractivity contribution >= 4 is 23.2 Å². The SMILES string of the molecule is O=C(O)COCC(=O)N1CCc2sccc2C1. The molecule has 1 aliphatic heterocycles. The van der Waals surface area contributed by atoms with E-state index >= 15 is 0 Å². The van der Waals surface area contributed by atoms with Crippen LogP contribution in [0.15, 0.2) is 11.4 Å². The summed E-state index contributed by atoms with van der Waals surface area (Å²) in [5.74, 6) is -1.21. The standard InChI is InChI=1S/C11H13NO4S/c13-10(6-16-7-11(14)15)12-3-1-9-8(5-12)2-4-17-9/h2,4H,1,3,5-7H2,(H,14,15). The predicted octanol–water partition coefficient (Wildman–Crippen LogP) is 0.734. The molecule has 2 rings (SSSR count). The molecule has 1 N–H and O–H groups in total. The van der Waals surface area contributed by atoms with E-state index in [0.717, 1.165) is 6.42 Å². The van der Waals surface area contributed by atoms with Crippen LogP contribution in [0.1, 0.15) is 10.4 Å². The lowest BCUT2D eigenvalue weighted by Gasteiger charge is -2.26. The Morgan fingerprint density at radius 1 is 1.47 bits per heavy atom. The fraction of sp³-hybridized carbons (Fsp3) is 0.455. The van der Waals surface area contributed by atoms with Gasteiger partial charge in [0.15, 0.2) is 0 Å². The molecule has 0 saturated heterocycles. The summed E-state index contributed by atoms with van der Waals surface area (Å²) in [6.07, 6.45) is 0.873. The third kappa shape index (κ3) is 3.04. The van der Waals surface area contributed by atoms with E-state index in [1.165, 1.54) is 10.4 Å². The van der Waals surface area contributed by atoms with Gasteiger partial charge in [0.2, 0.25) is 5.91 Å². The van der Waals surface area contributed by atoms with Gasteiger partial charge in [-0.15, -0.1) is 11.3 Å². The Kier molecular flexibility index (Phi) is 3.75. The Bertz CT molecular complexity index is 429. The van der Waals surface area contributed by atoms with E-state index in [2.05, 4.69) is 0 Å². The van der Waals surface area contributed by atoms with Crippen LogP contribution in [0.3, 0.4) is 0 Å². The van der Waals surface area contributed by atoms with Crippen LogP contribution in [0.5, 0.6) is 0 Å². The Hall–Kier alpha value is -1.40. The molecule has 5 nitrogen and oxygen atoms in total. The molecule has 0 bridgehead atoms. The molecule has 17 heavy (non-hydrogen) atoms. The van der Waals surface area contributed by atoms with Gasteiger partial charge in [-0.05, 0) is 23.4 Å². The number of hydrogen-bond donors (Lipinski definition) is 1. The topological polar surface area (TPSA) is 66.8 Å². The van der Waals surface area contributed by atoms with Crippen molar-refractivity contribution < 1.29 is 19.4 Å². The van der Waals surface area contributed by atoms with E-state index in [-0.39, 0.29) is 12.5 Å². The van der Waals surface area contributed by atoms with Crippen LogP contribution in [0.4, 0.5) is 0 Å². The second-order valence-corrected chi connectivity index (χ2v) is 4.82. The van der Waals surface area contributed by atoms with Crippen molar-refractivity contribution in [1.82, 2.24) is 4.90 Å². The first kappa shape index (κ1) is 12.1. The van der Waals surface area contributed by atoms with Gasteiger partial charge in [-0.25, -0.2) is 4.79 Å². The van der Waals surface area contributed by atoms with Crippen molar-refractivity contribution in [2.45, 2.75) is 13.0 Å². The van der Waals surface area contributed by atoms with Crippen LogP contribution < -0.4 is 0 Å². The van der Waals surface area contributed by atoms with Gasteiger partial charge in [0.1, 0.15) is 13.2 Å². The average Bonchev–Trinajstić information content (AvgIpc) is 2.75. The Balaban J connectivity index is 1.84. The number of amides is 1. The maximum atomic E-state index is 11.7. The molecule has 0 aromatic carbocycles. The normalized spacial score (nSPS) is 14.5. The van der Waals surface area contributed by atoms with Crippen LogP contribution in [0.25, 0.3) is 0 Å². The highest BCUT2D eigenvalue weighted by Crippen LogP contribution is 2.23. The van der Waals surface area contributed by atoms with E-state index in [1.807, 2.05) is 11.4 Å². The minimum absolute atomic E-state index is 0.150. The van der Waals surface area contributed by atoms with Gasteiger partial charge in [-0.3, -0.25) is 4.79 Å². The Morgan fingerprint density at radius 3 is 3.06 bits per heavy atom. The van der Waals surface area contributed by atoms with E-state index in [0.29, 0.717) is 13.1 Å². The van der Waals surface area contributed by atoms with Crippen LogP contribution in [0.2, 0.25) is 0 Å². The van der Waals surface area contributed by atoms with Crippen LogP contribution in [0, 0.1) is 0 Å². The van der Waals surface area contributed by atoms with Crippen molar-refractivity contribution in [3.8, 4) is 0 Å². The molecule has 0 saturated carbocycles. The zero-order valence-corrected chi connectivity index (χ0v) is 10.0. The fourth-order valence-corrected chi connectivity index (χ4v) is 2.67. The molecule has 0 radical (unpaired) electrons. The number of hydrogen-bond acceptors (Lipinski definition) is 4. The lowest BCUT2D eigenvalue weighted by molar-refractivity contribution is -0.146. The number of aliphatic carboxylic acids is 1. The molecular weight excluding hydrogens is 242 g/mol. The first-order chi connectivity index (χ1) is 8.16. The smallest absolute Gasteiger partial charge is 0.329 e. The van der Waals surface area contributed by atoms with Gasteiger partial charge in [-0.1, -0.05) is 0 Å². The summed E-state index contributed by atoms with van der Waals surface area (Å²) in [6, 6.07) is 2.03. The fourth-order valence-electron chi connectivity index (χ4n) is 1.78. The van der Waals surface area contributed by atoms with Crippen molar-refractivity contribution in [1.29, 1.82) is 0 Å². The molecule has 1 aromatic heterocycles. The summed E-state index contributed by atoms with van der Waals surface area (Å²) < 4.78 is 4.79. The molecule has 1 aromatic rings. The lowest BCUT2D eigenvalue weighted by Crippen LogP contribution is -2.38. The molecule has 1 amide bonds. The summed E-state index contributed by atoms with van der Waals surface area (Å²) in [7, 11) is 0. The van der Waals surface area contributed by atoms with E-state index in [1.54, 1.807) is 16.2 Å². The number of carbonyl (C=O) groups is 2. The predicted molar refractivity (Wildman–Crippen MR) is 61.9 cm³/mol. The Labute approximate surface area is 103 Å². The van der Waals surface area contributed by atoms with Gasteiger partial charge >= 0.3 is 5.97 Å². The van der Waals surface area contributed by atoms with Crippen molar-refractivity contribution in [3.63, 3.8) is 0 Å². The summed E-state index contributed by atoms with van der Waals surface area (Å²) in [5.41, 5.74) is 1.19. The number of carbonyl (C=O) groups excluding carboxylic acids is 1. The van der Waals surface area contributed by atoms with Gasteiger partial charge in [-0.2, -0.15) is 0 Å². The minimum atomic E-state index is -1.06. The highest BCUT2D eigenvalue weighted by atomic mass is 32.1. The molecule has 2 heterocycles. The number of ether oxygens (including phenoxy) is 1. The van der Waals surface area contributed by atoms with Gasteiger partial charge in [0, 0.05) is 18.0 Å². The largest absolute Gasteiger partial charge is 0.480 e. The van der Waals surface area contributed by atoms with Gasteiger partial charge in [0.05, 0.1) is 0 Å². The summed E-state index contributed by atoms with van der Waals surface area (Å²) >= 11 is 1.71. The first-order valence-electron chi connectivity index (χ1n) is 5.29. The number of carboxylic acids is 1. The minimum Gasteiger partial charge on any atom is -0.480 e. The highest BCUT2D eigenvalue weighted by molar-refractivity contribution is 7.10. The maximum Gasteiger partial charge on any atom is 0.329 e. The monoisotopic (exact) mass is 255 g/mol. The lowest BCUT2D eigenvalue weighted by atomic mass is 10.1. The second kappa shape index (κ2) is 5.29. The maximum absolute atomic E-state index is 11.7. The van der Waals surface area contributed by atoms with Crippen LogP contribution >= 0.6 is 11.3 Å². The highest BCUT2D eigenvalue weighted by Gasteiger charge is 2.21. The molecule has 0 spiro atoms. The average molecular weight is 255 g/mol. The van der Waals surface area contributed by atoms with Crippen LogP contribution in [-0.4, -0.2) is 41.6 Å². The summed E-state index contributed by atoms with van der Waals surface area (Å²) in [5, 5.41) is 10.4. The van der Waals surface area contributed by atoms with Crippen molar-refractivity contribution in [2.75, 3.05) is 19.8 Å². The Morgan fingerprint density at radius 2 is 2.29 bits per heavy atom. The molecule has 0 aliphatic carbocycles. The first-order valence-corrected chi connectivity index (χ1v) is 6.17. The van der Waals surface area contributed by atoms with Gasteiger partial charge in [0.25, 0.3) is 0 Å². The second-order valence-electron chi connectivity index (χ2n) is 3.82. The number of rotatable bonds is 4. The molecule has 0 fully saturated rings. The zero-order valence-electron chi connectivity index (χ0n) is 9.22. The van der Waals surface area contributed by atoms with E-state index in [9.17, 15) is 9.59 Å².